The number of rotatable bonds is 4. The van der Waals surface area contributed by atoms with Crippen LogP contribution in [0.5, 0.6) is 0 Å². The Balaban J connectivity index is 1.95. The van der Waals surface area contributed by atoms with Gasteiger partial charge in [0.05, 0.1) is 0 Å². The molecule has 0 aromatic heterocycles. The number of carbonyl (C=O) groups excluding carboxylic acids is 2. The maximum atomic E-state index is 12.3. The predicted octanol–water partition coefficient (Wildman–Crippen LogP) is 3.86. The summed E-state index contributed by atoms with van der Waals surface area (Å²) in [5.74, 6) is -0.398. The van der Waals surface area contributed by atoms with E-state index in [9.17, 15) is 9.59 Å². The summed E-state index contributed by atoms with van der Waals surface area (Å²) in [7, 11) is 0. The first-order valence-corrected chi connectivity index (χ1v) is 9.22. The summed E-state index contributed by atoms with van der Waals surface area (Å²) in [5, 5.41) is 8.54. The van der Waals surface area contributed by atoms with Gasteiger partial charge in [-0.1, -0.05) is 32.9 Å². The topological polar surface area (TPSA) is 70.2 Å². The third kappa shape index (κ3) is 5.89. The molecule has 6 heteroatoms. The zero-order valence-corrected chi connectivity index (χ0v) is 16.9. The molecule has 2 aromatic rings. The lowest BCUT2D eigenvalue weighted by Gasteiger charge is -2.19. The van der Waals surface area contributed by atoms with Crippen molar-refractivity contribution in [3.05, 3.63) is 65.2 Å². The van der Waals surface area contributed by atoms with Crippen LogP contribution in [-0.4, -0.2) is 23.5 Å². The van der Waals surface area contributed by atoms with Crippen LogP contribution in [0, 0.1) is 0 Å². The molecule has 27 heavy (non-hydrogen) atoms. The molecule has 0 fully saturated rings. The number of carbonyl (C=O) groups is 2. The van der Waals surface area contributed by atoms with Gasteiger partial charge >= 0.3 is 0 Å². The van der Waals surface area contributed by atoms with Crippen molar-refractivity contribution in [2.45, 2.75) is 33.1 Å². The number of benzene rings is 2. The Bertz CT molecular complexity index is 822. The highest BCUT2D eigenvalue weighted by Gasteiger charge is 2.15. The molecule has 0 spiro atoms. The SMILES string of the molecule is CCNC(=O)c1ccc(NC(=S)NC(=O)c2ccc(C(C)(C)C)cc2)cc1. The first-order valence-electron chi connectivity index (χ1n) is 8.82. The van der Waals surface area contributed by atoms with Crippen molar-refractivity contribution in [2.75, 3.05) is 11.9 Å². The molecule has 2 aromatic carbocycles. The number of nitrogens with one attached hydrogen (secondary N) is 3. The van der Waals surface area contributed by atoms with Gasteiger partial charge in [-0.2, -0.15) is 0 Å². The van der Waals surface area contributed by atoms with E-state index in [2.05, 4.69) is 36.7 Å². The lowest BCUT2D eigenvalue weighted by molar-refractivity contribution is 0.0953. The molecular formula is C21H25N3O2S. The van der Waals surface area contributed by atoms with Crippen molar-refractivity contribution >= 4 is 34.8 Å². The molecule has 5 nitrogen and oxygen atoms in total. The fraction of sp³-hybridized carbons (Fsp3) is 0.286. The summed E-state index contributed by atoms with van der Waals surface area (Å²) < 4.78 is 0. The van der Waals surface area contributed by atoms with Crippen LogP contribution in [0.1, 0.15) is 54.0 Å². The molecule has 0 aliphatic heterocycles. The second kappa shape index (κ2) is 8.77. The molecule has 0 aliphatic carbocycles. The Morgan fingerprint density at radius 1 is 0.889 bits per heavy atom. The highest BCUT2D eigenvalue weighted by atomic mass is 32.1. The van der Waals surface area contributed by atoms with E-state index in [-0.39, 0.29) is 22.3 Å². The van der Waals surface area contributed by atoms with Gasteiger partial charge in [0.2, 0.25) is 0 Å². The van der Waals surface area contributed by atoms with Crippen molar-refractivity contribution in [3.8, 4) is 0 Å². The second-order valence-electron chi connectivity index (χ2n) is 7.17. The van der Waals surface area contributed by atoms with Gasteiger partial charge in [-0.05, 0) is 66.5 Å². The van der Waals surface area contributed by atoms with Crippen LogP contribution in [0.15, 0.2) is 48.5 Å². The van der Waals surface area contributed by atoms with E-state index in [0.29, 0.717) is 23.4 Å². The summed E-state index contributed by atoms with van der Waals surface area (Å²) in [6.07, 6.45) is 0. The van der Waals surface area contributed by atoms with Crippen LogP contribution < -0.4 is 16.0 Å². The lowest BCUT2D eigenvalue weighted by Crippen LogP contribution is -2.34. The molecule has 0 bridgehead atoms. The van der Waals surface area contributed by atoms with Gasteiger partial charge < -0.3 is 10.6 Å². The second-order valence-corrected chi connectivity index (χ2v) is 7.58. The molecule has 2 amide bonds. The van der Waals surface area contributed by atoms with E-state index in [1.54, 1.807) is 36.4 Å². The Labute approximate surface area is 165 Å². The Hall–Kier alpha value is -2.73. The highest BCUT2D eigenvalue weighted by molar-refractivity contribution is 7.80. The molecule has 0 radical (unpaired) electrons. The lowest BCUT2D eigenvalue weighted by atomic mass is 9.87. The summed E-state index contributed by atoms with van der Waals surface area (Å²) in [6.45, 7) is 8.81. The van der Waals surface area contributed by atoms with Gasteiger partial charge in [-0.25, -0.2) is 0 Å². The average Bonchev–Trinajstić information content (AvgIpc) is 2.61. The monoisotopic (exact) mass is 383 g/mol. The first kappa shape index (κ1) is 20.6. The first-order chi connectivity index (χ1) is 12.7. The van der Waals surface area contributed by atoms with Gasteiger partial charge in [0.1, 0.15) is 0 Å². The molecule has 0 atom stereocenters. The smallest absolute Gasteiger partial charge is 0.257 e. The molecule has 0 saturated carbocycles. The maximum absolute atomic E-state index is 12.3. The largest absolute Gasteiger partial charge is 0.352 e. The maximum Gasteiger partial charge on any atom is 0.257 e. The summed E-state index contributed by atoms with van der Waals surface area (Å²) >= 11 is 5.20. The van der Waals surface area contributed by atoms with E-state index in [1.165, 1.54) is 0 Å². The zero-order valence-electron chi connectivity index (χ0n) is 16.1. The van der Waals surface area contributed by atoms with E-state index in [4.69, 9.17) is 12.2 Å². The van der Waals surface area contributed by atoms with Crippen molar-refractivity contribution < 1.29 is 9.59 Å². The molecule has 3 N–H and O–H groups in total. The molecule has 0 saturated heterocycles. The molecule has 0 aliphatic rings. The minimum absolute atomic E-state index is 0.0338. The summed E-state index contributed by atoms with van der Waals surface area (Å²) in [6, 6.07) is 14.4. The molecule has 142 valence electrons. The highest BCUT2D eigenvalue weighted by Crippen LogP contribution is 2.22. The van der Waals surface area contributed by atoms with E-state index >= 15 is 0 Å². The van der Waals surface area contributed by atoms with Crippen LogP contribution in [0.2, 0.25) is 0 Å². The predicted molar refractivity (Wildman–Crippen MR) is 113 cm³/mol. The fourth-order valence-corrected chi connectivity index (χ4v) is 2.64. The quantitative estimate of drug-likeness (QED) is 0.701. The van der Waals surface area contributed by atoms with Crippen molar-refractivity contribution in [2.24, 2.45) is 0 Å². The Morgan fingerprint density at radius 2 is 1.41 bits per heavy atom. The average molecular weight is 384 g/mol. The van der Waals surface area contributed by atoms with Gasteiger partial charge in [0, 0.05) is 23.4 Å². The summed E-state index contributed by atoms with van der Waals surface area (Å²) in [4.78, 5) is 24.1. The van der Waals surface area contributed by atoms with E-state index in [0.717, 1.165) is 5.56 Å². The third-order valence-corrected chi connectivity index (χ3v) is 4.19. The Kier molecular flexibility index (Phi) is 6.69. The van der Waals surface area contributed by atoms with Gasteiger partial charge in [0.15, 0.2) is 5.11 Å². The van der Waals surface area contributed by atoms with Crippen molar-refractivity contribution in [1.29, 1.82) is 0 Å². The summed E-state index contributed by atoms with van der Waals surface area (Å²) in [5.41, 5.74) is 2.99. The number of hydrogen-bond acceptors (Lipinski definition) is 3. The van der Waals surface area contributed by atoms with Crippen LogP contribution >= 0.6 is 12.2 Å². The third-order valence-electron chi connectivity index (χ3n) is 3.98. The van der Waals surface area contributed by atoms with Gasteiger partial charge in [0.25, 0.3) is 11.8 Å². The molecule has 0 unspecified atom stereocenters. The number of amides is 2. The van der Waals surface area contributed by atoms with Crippen LogP contribution in [0.3, 0.4) is 0 Å². The number of hydrogen-bond donors (Lipinski definition) is 3. The van der Waals surface area contributed by atoms with E-state index < -0.39 is 0 Å². The van der Waals surface area contributed by atoms with E-state index in [1.807, 2.05) is 19.1 Å². The number of thiocarbonyl (C=S) groups is 1. The number of anilines is 1. The Morgan fingerprint density at radius 3 is 1.93 bits per heavy atom. The van der Waals surface area contributed by atoms with Crippen LogP contribution in [0.25, 0.3) is 0 Å². The van der Waals surface area contributed by atoms with Gasteiger partial charge in [-0.3, -0.25) is 14.9 Å². The molecular weight excluding hydrogens is 358 g/mol. The molecule has 0 heterocycles. The standard InChI is InChI=1S/C21H25N3O2S/c1-5-22-18(25)14-8-12-17(13-9-14)23-20(27)24-19(26)15-6-10-16(11-7-15)21(2,3)4/h6-13H,5H2,1-4H3,(H,22,25)(H2,23,24,26,27). The van der Waals surface area contributed by atoms with Crippen LogP contribution in [-0.2, 0) is 5.41 Å². The fourth-order valence-electron chi connectivity index (χ4n) is 2.43. The molecule has 2 rings (SSSR count). The minimum Gasteiger partial charge on any atom is -0.352 e. The van der Waals surface area contributed by atoms with Crippen LogP contribution in [0.4, 0.5) is 5.69 Å². The van der Waals surface area contributed by atoms with Crippen molar-refractivity contribution in [3.63, 3.8) is 0 Å². The zero-order chi connectivity index (χ0) is 20.0. The normalized spacial score (nSPS) is 10.8. The van der Waals surface area contributed by atoms with Crippen molar-refractivity contribution in [1.82, 2.24) is 10.6 Å². The van der Waals surface area contributed by atoms with Gasteiger partial charge in [-0.15, -0.1) is 0 Å². The minimum atomic E-state index is -0.271.